The molecule has 224 valence electrons. The van der Waals surface area contributed by atoms with E-state index in [2.05, 4.69) is 48.5 Å². The zero-order valence-corrected chi connectivity index (χ0v) is 25.9. The summed E-state index contributed by atoms with van der Waals surface area (Å²) >= 11 is 0. The van der Waals surface area contributed by atoms with Gasteiger partial charge in [-0.15, -0.1) is 0 Å². The maximum absolute atomic E-state index is 11.6. The standard InChI is InChI=1S/C35H42N6O2/c1-20(38-40-32-30-21(2)39-41-33(30)37-31(36-32)23-9-7-6-8-10-23)27-13-14-28-26-12-11-24-19-25(43-22(3)42)15-17-34(24,4)29(26)16-18-35(27,28)5/h6-11,13,25-26,28-29H,12,14-19H2,1-5H3,(H2,36,37,39,40,41)/t25-,26-,28-,29-,34-,35+/m0/s1. The van der Waals surface area contributed by atoms with E-state index in [-0.39, 0.29) is 22.9 Å². The Bertz CT molecular complexity index is 1670. The molecule has 2 aromatic heterocycles. The number of anilines is 1. The SMILES string of the molecule is CC(=O)O[C@H]1CC[C@@]2(C)C(=CC[C@@H]3[C@@H]2CC[C@]2(C)C(C(C)=NNc4nc(-c5ccccc5)nc5n[nH]c(C)c45)=CC[C@@H]32)C1. The van der Waals surface area contributed by atoms with Crippen molar-refractivity contribution in [3.8, 4) is 11.4 Å². The number of hydrogen-bond donors (Lipinski definition) is 2. The molecule has 2 N–H and O–H groups in total. The second-order valence-electron chi connectivity index (χ2n) is 13.7. The number of carbonyl (C=O) groups excluding carboxylic acids is 1. The van der Waals surface area contributed by atoms with Gasteiger partial charge in [0.1, 0.15) is 6.10 Å². The Balaban J connectivity index is 1.13. The molecule has 43 heavy (non-hydrogen) atoms. The van der Waals surface area contributed by atoms with Crippen LogP contribution >= 0.6 is 0 Å². The quantitative estimate of drug-likeness (QED) is 0.140. The van der Waals surface area contributed by atoms with Gasteiger partial charge >= 0.3 is 5.97 Å². The highest BCUT2D eigenvalue weighted by molar-refractivity contribution is 6.01. The number of nitrogens with one attached hydrogen (secondary N) is 2. The summed E-state index contributed by atoms with van der Waals surface area (Å²) in [5.74, 6) is 3.09. The third kappa shape index (κ3) is 4.61. The number of aromatic amines is 1. The number of H-pyrrole nitrogens is 1. The van der Waals surface area contributed by atoms with Crippen LogP contribution < -0.4 is 5.43 Å². The molecule has 0 amide bonds. The van der Waals surface area contributed by atoms with Gasteiger partial charge in [-0.2, -0.15) is 10.2 Å². The normalized spacial score (nSPS) is 31.9. The first-order valence-electron chi connectivity index (χ1n) is 15.8. The van der Waals surface area contributed by atoms with Crippen molar-refractivity contribution in [3.05, 3.63) is 59.3 Å². The summed E-state index contributed by atoms with van der Waals surface area (Å²) in [5, 5.41) is 13.3. The average molecular weight is 579 g/mol. The summed E-state index contributed by atoms with van der Waals surface area (Å²) in [7, 11) is 0. The maximum Gasteiger partial charge on any atom is 0.302 e. The molecule has 4 aliphatic rings. The predicted molar refractivity (Wildman–Crippen MR) is 169 cm³/mol. The van der Waals surface area contributed by atoms with Crippen molar-refractivity contribution in [2.45, 2.75) is 85.7 Å². The predicted octanol–water partition coefficient (Wildman–Crippen LogP) is 7.55. The van der Waals surface area contributed by atoms with Crippen LogP contribution in [0.25, 0.3) is 22.4 Å². The molecule has 0 saturated heterocycles. The van der Waals surface area contributed by atoms with Crippen LogP contribution in [0, 0.1) is 35.5 Å². The highest BCUT2D eigenvalue weighted by Gasteiger charge is 2.57. The monoisotopic (exact) mass is 578 g/mol. The summed E-state index contributed by atoms with van der Waals surface area (Å²) in [6.07, 6.45) is 12.6. The molecule has 8 nitrogen and oxygen atoms in total. The Morgan fingerprint density at radius 3 is 2.60 bits per heavy atom. The highest BCUT2D eigenvalue weighted by atomic mass is 16.5. The van der Waals surface area contributed by atoms with E-state index in [9.17, 15) is 4.79 Å². The fourth-order valence-electron chi connectivity index (χ4n) is 9.15. The van der Waals surface area contributed by atoms with E-state index in [0.717, 1.165) is 54.5 Å². The van der Waals surface area contributed by atoms with E-state index in [0.29, 0.717) is 35.0 Å². The molecule has 3 aromatic rings. The minimum absolute atomic E-state index is 0.0408. The van der Waals surface area contributed by atoms with Crippen molar-refractivity contribution < 1.29 is 9.53 Å². The molecule has 0 radical (unpaired) electrons. The molecular weight excluding hydrogens is 536 g/mol. The second-order valence-corrected chi connectivity index (χ2v) is 13.7. The molecule has 7 rings (SSSR count). The van der Waals surface area contributed by atoms with E-state index < -0.39 is 0 Å². The lowest BCUT2D eigenvalue weighted by atomic mass is 9.47. The molecule has 0 spiro atoms. The van der Waals surface area contributed by atoms with Crippen LogP contribution in [0.2, 0.25) is 0 Å². The number of benzene rings is 1. The van der Waals surface area contributed by atoms with Gasteiger partial charge in [0, 0.05) is 24.6 Å². The molecule has 0 bridgehead atoms. The number of aryl methyl sites for hydroxylation is 1. The van der Waals surface area contributed by atoms with Gasteiger partial charge in [0.05, 0.1) is 11.1 Å². The second kappa shape index (κ2) is 10.4. The number of ether oxygens (including phenoxy) is 1. The number of esters is 1. The lowest BCUT2D eigenvalue weighted by molar-refractivity contribution is -0.148. The molecule has 2 fully saturated rings. The van der Waals surface area contributed by atoms with Crippen LogP contribution in [0.5, 0.6) is 0 Å². The van der Waals surface area contributed by atoms with Gasteiger partial charge in [-0.1, -0.05) is 61.9 Å². The summed E-state index contributed by atoms with van der Waals surface area (Å²) in [6.45, 7) is 10.6. The third-order valence-electron chi connectivity index (χ3n) is 11.3. The largest absolute Gasteiger partial charge is 0.462 e. The van der Waals surface area contributed by atoms with Crippen LogP contribution in [0.15, 0.2) is 58.7 Å². The number of hydrogen-bond acceptors (Lipinski definition) is 7. The van der Waals surface area contributed by atoms with Gasteiger partial charge in [0.15, 0.2) is 17.3 Å². The van der Waals surface area contributed by atoms with E-state index in [1.165, 1.54) is 30.9 Å². The maximum atomic E-state index is 11.6. The number of nitrogens with zero attached hydrogens (tertiary/aromatic N) is 4. The van der Waals surface area contributed by atoms with Crippen LogP contribution in [-0.4, -0.2) is 38.0 Å². The molecule has 6 atom stereocenters. The fraction of sp³-hybridized carbons (Fsp3) is 0.514. The molecule has 4 aliphatic carbocycles. The fourth-order valence-corrected chi connectivity index (χ4v) is 9.15. The number of hydrazone groups is 1. The Morgan fingerprint density at radius 1 is 1.02 bits per heavy atom. The van der Waals surface area contributed by atoms with Crippen LogP contribution in [0.3, 0.4) is 0 Å². The van der Waals surface area contributed by atoms with Crippen molar-refractivity contribution in [2.24, 2.45) is 33.7 Å². The third-order valence-corrected chi connectivity index (χ3v) is 11.3. The Morgan fingerprint density at radius 2 is 1.81 bits per heavy atom. The number of allylic oxidation sites excluding steroid dienone is 3. The molecule has 0 unspecified atom stereocenters. The van der Waals surface area contributed by atoms with E-state index in [1.807, 2.05) is 37.3 Å². The number of rotatable bonds is 5. The van der Waals surface area contributed by atoms with Crippen molar-refractivity contribution in [3.63, 3.8) is 0 Å². The van der Waals surface area contributed by atoms with E-state index in [4.69, 9.17) is 19.8 Å². The van der Waals surface area contributed by atoms with E-state index >= 15 is 0 Å². The number of aromatic nitrogens is 4. The molecule has 8 heteroatoms. The van der Waals surface area contributed by atoms with Gasteiger partial charge in [-0.25, -0.2) is 9.97 Å². The lowest BCUT2D eigenvalue weighted by Gasteiger charge is -2.57. The van der Waals surface area contributed by atoms with Gasteiger partial charge in [-0.3, -0.25) is 15.3 Å². The molecule has 1 aromatic carbocycles. The average Bonchev–Trinajstić information content (AvgIpc) is 3.55. The molecule has 0 aliphatic heterocycles. The van der Waals surface area contributed by atoms with Gasteiger partial charge in [0.25, 0.3) is 0 Å². The Kier molecular flexibility index (Phi) is 6.78. The first-order valence-corrected chi connectivity index (χ1v) is 15.8. The van der Waals surface area contributed by atoms with Crippen molar-refractivity contribution in [1.82, 2.24) is 20.2 Å². The zero-order chi connectivity index (χ0) is 29.9. The van der Waals surface area contributed by atoms with Gasteiger partial charge in [0.2, 0.25) is 0 Å². The minimum atomic E-state index is -0.159. The topological polar surface area (TPSA) is 105 Å². The minimum Gasteiger partial charge on any atom is -0.462 e. The zero-order valence-electron chi connectivity index (χ0n) is 25.9. The Hall–Kier alpha value is -3.81. The summed E-state index contributed by atoms with van der Waals surface area (Å²) in [5.41, 5.74) is 10.1. The van der Waals surface area contributed by atoms with Crippen LogP contribution in [-0.2, 0) is 9.53 Å². The summed E-state index contributed by atoms with van der Waals surface area (Å²) in [6, 6.07) is 9.99. The van der Waals surface area contributed by atoms with Gasteiger partial charge in [-0.05, 0) is 86.5 Å². The summed E-state index contributed by atoms with van der Waals surface area (Å²) < 4.78 is 5.64. The molecule has 2 heterocycles. The van der Waals surface area contributed by atoms with Crippen molar-refractivity contribution >= 4 is 28.5 Å². The molecular formula is C35H42N6O2. The first-order chi connectivity index (χ1) is 20.7. The number of fused-ring (bicyclic) bond motifs is 6. The van der Waals surface area contributed by atoms with Gasteiger partial charge < -0.3 is 4.74 Å². The number of carbonyl (C=O) groups is 1. The Labute approximate surface area is 253 Å². The summed E-state index contributed by atoms with van der Waals surface area (Å²) in [4.78, 5) is 21.2. The smallest absolute Gasteiger partial charge is 0.302 e. The molecule has 2 saturated carbocycles. The highest BCUT2D eigenvalue weighted by Crippen LogP contribution is 2.65. The van der Waals surface area contributed by atoms with Crippen LogP contribution in [0.4, 0.5) is 5.82 Å². The van der Waals surface area contributed by atoms with E-state index in [1.54, 1.807) is 0 Å². The van der Waals surface area contributed by atoms with Crippen molar-refractivity contribution in [2.75, 3.05) is 5.43 Å². The lowest BCUT2D eigenvalue weighted by Crippen LogP contribution is -2.50. The van der Waals surface area contributed by atoms with Crippen LogP contribution in [0.1, 0.15) is 78.3 Å². The van der Waals surface area contributed by atoms with Crippen molar-refractivity contribution in [1.29, 1.82) is 0 Å². The first kappa shape index (κ1) is 28.0.